The zero-order chi connectivity index (χ0) is 29.6. The van der Waals surface area contributed by atoms with Crippen LogP contribution >= 0.6 is 0 Å². The number of likely N-dealkylation sites (N-methyl/N-ethyl adjacent to an activating group) is 1. The molecule has 1 aromatic heterocycles. The predicted molar refractivity (Wildman–Crippen MR) is 169 cm³/mol. The van der Waals surface area contributed by atoms with Crippen LogP contribution in [0.2, 0.25) is 0 Å². The monoisotopic (exact) mass is 577 g/mol. The molecule has 1 atom stereocenters. The summed E-state index contributed by atoms with van der Waals surface area (Å²) in [4.78, 5) is 31.8. The Balaban J connectivity index is 1.22. The highest BCUT2D eigenvalue weighted by Gasteiger charge is 2.29. The molecule has 2 N–H and O–H groups in total. The van der Waals surface area contributed by atoms with Crippen molar-refractivity contribution in [2.75, 3.05) is 60.4 Å². The van der Waals surface area contributed by atoms with Gasteiger partial charge in [0.15, 0.2) is 5.82 Å². The van der Waals surface area contributed by atoms with Crippen LogP contribution in [0.4, 0.5) is 28.7 Å². The van der Waals surface area contributed by atoms with Crippen molar-refractivity contribution in [1.29, 1.82) is 0 Å². The first-order chi connectivity index (χ1) is 21.0. The average molecular weight is 578 g/mol. The van der Waals surface area contributed by atoms with Crippen molar-refractivity contribution in [3.05, 3.63) is 103 Å². The number of hydrogen-bond donors (Lipinski definition) is 2. The van der Waals surface area contributed by atoms with Gasteiger partial charge in [0.2, 0.25) is 5.91 Å². The molecule has 0 radical (unpaired) electrons. The van der Waals surface area contributed by atoms with Gasteiger partial charge in [0.05, 0.1) is 12.6 Å². The Labute approximate surface area is 251 Å². The number of hydroxylamine groups is 1. The Morgan fingerprint density at radius 1 is 0.953 bits per heavy atom. The summed E-state index contributed by atoms with van der Waals surface area (Å²) in [6, 6.07) is 25.6. The summed E-state index contributed by atoms with van der Waals surface area (Å²) < 4.78 is 6.07. The number of carbonyl (C=O) groups is 1. The van der Waals surface area contributed by atoms with Gasteiger partial charge in [-0.1, -0.05) is 36.9 Å². The Bertz CT molecular complexity index is 1570. The zero-order valence-electron chi connectivity index (χ0n) is 24.1. The lowest BCUT2D eigenvalue weighted by molar-refractivity contribution is -0.111. The lowest BCUT2D eigenvalue weighted by Crippen LogP contribution is -2.44. The summed E-state index contributed by atoms with van der Waals surface area (Å²) in [5.41, 5.74) is 3.57. The summed E-state index contributed by atoms with van der Waals surface area (Å²) >= 11 is 0. The van der Waals surface area contributed by atoms with E-state index in [0.717, 1.165) is 61.0 Å². The van der Waals surface area contributed by atoms with Gasteiger partial charge >= 0.3 is 0 Å². The number of nitrogens with zero attached hydrogens (tertiary/aromatic N) is 5. The molecule has 0 aliphatic carbocycles. The second-order valence-corrected chi connectivity index (χ2v) is 10.6. The molecule has 43 heavy (non-hydrogen) atoms. The van der Waals surface area contributed by atoms with Gasteiger partial charge in [0.1, 0.15) is 23.6 Å². The third kappa shape index (κ3) is 6.94. The highest BCUT2D eigenvalue weighted by Crippen LogP contribution is 2.37. The van der Waals surface area contributed by atoms with Crippen LogP contribution in [0.25, 0.3) is 0 Å². The molecule has 2 fully saturated rings. The van der Waals surface area contributed by atoms with E-state index in [1.807, 2.05) is 71.8 Å². The number of amides is 1. The smallest absolute Gasteiger partial charge is 0.247 e. The van der Waals surface area contributed by atoms with Gasteiger partial charge in [-0.3, -0.25) is 9.63 Å². The summed E-state index contributed by atoms with van der Waals surface area (Å²) in [5.74, 6) is 2.54. The SMILES string of the molecule is C=CC(=O)Nc1cc(Nc2cc(N3OCCC3c3cccc(Oc4ccccc4)c3)ncn2)cc(N2CCN(C)CC2)c1. The fourth-order valence-electron chi connectivity index (χ4n) is 5.29. The highest BCUT2D eigenvalue weighted by atomic mass is 16.7. The minimum atomic E-state index is -0.263. The molecule has 0 spiro atoms. The standard InChI is InChI=1S/C33H35N7O3/c1-3-33(41)37-26-19-25(20-27(21-26)39-15-13-38(2)14-16-39)36-31-22-32(35-23-34-31)40-30(12-17-42-40)24-8-7-11-29(18-24)43-28-9-5-4-6-10-28/h3-11,18-23,30H,1,12-17H2,2H3,(H,37,41)(H,34,35,36). The van der Waals surface area contributed by atoms with Gasteiger partial charge in [-0.15, -0.1) is 0 Å². The fourth-order valence-corrected chi connectivity index (χ4v) is 5.29. The van der Waals surface area contributed by atoms with Gasteiger partial charge < -0.3 is 25.2 Å². The molecule has 0 saturated carbocycles. The second-order valence-electron chi connectivity index (χ2n) is 10.6. The van der Waals surface area contributed by atoms with Crippen LogP contribution in [0.15, 0.2) is 97.8 Å². The van der Waals surface area contributed by atoms with Crippen molar-refractivity contribution in [3.8, 4) is 11.5 Å². The van der Waals surface area contributed by atoms with Gasteiger partial charge in [-0.25, -0.2) is 15.0 Å². The number of ether oxygens (including phenoxy) is 1. The van der Waals surface area contributed by atoms with Crippen LogP contribution in [0.3, 0.4) is 0 Å². The summed E-state index contributed by atoms with van der Waals surface area (Å²) in [5, 5.41) is 8.15. The molecule has 0 bridgehead atoms. The van der Waals surface area contributed by atoms with Crippen molar-refractivity contribution in [2.45, 2.75) is 12.5 Å². The molecular weight excluding hydrogens is 542 g/mol. The molecule has 10 nitrogen and oxygen atoms in total. The van der Waals surface area contributed by atoms with Crippen molar-refractivity contribution in [2.24, 2.45) is 0 Å². The van der Waals surface area contributed by atoms with E-state index in [-0.39, 0.29) is 11.9 Å². The first-order valence-corrected chi connectivity index (χ1v) is 14.4. The van der Waals surface area contributed by atoms with Crippen molar-refractivity contribution in [1.82, 2.24) is 14.9 Å². The van der Waals surface area contributed by atoms with E-state index >= 15 is 0 Å². The maximum Gasteiger partial charge on any atom is 0.247 e. The Hall–Kier alpha value is -4.93. The number of carbonyl (C=O) groups excluding carboxylic acids is 1. The van der Waals surface area contributed by atoms with Crippen LogP contribution in [0, 0.1) is 0 Å². The highest BCUT2D eigenvalue weighted by molar-refractivity contribution is 5.99. The van der Waals surface area contributed by atoms with Crippen LogP contribution in [0.1, 0.15) is 18.0 Å². The van der Waals surface area contributed by atoms with E-state index in [0.29, 0.717) is 23.9 Å². The fraction of sp³-hybridized carbons (Fsp3) is 0.242. The van der Waals surface area contributed by atoms with Crippen molar-refractivity contribution >= 4 is 34.6 Å². The lowest BCUT2D eigenvalue weighted by Gasteiger charge is -2.34. The van der Waals surface area contributed by atoms with Crippen LogP contribution < -0.4 is 25.3 Å². The summed E-state index contributed by atoms with van der Waals surface area (Å²) in [6.07, 6.45) is 3.60. The predicted octanol–water partition coefficient (Wildman–Crippen LogP) is 5.77. The molecule has 1 unspecified atom stereocenters. The number of rotatable bonds is 9. The van der Waals surface area contributed by atoms with Gasteiger partial charge in [-0.05, 0) is 61.2 Å². The number of aromatic nitrogens is 2. The second kappa shape index (κ2) is 12.9. The van der Waals surface area contributed by atoms with Gasteiger partial charge in [0.25, 0.3) is 0 Å². The van der Waals surface area contributed by atoms with Crippen LogP contribution in [0.5, 0.6) is 11.5 Å². The number of para-hydroxylation sites is 1. The third-order valence-electron chi connectivity index (χ3n) is 7.52. The number of anilines is 5. The first kappa shape index (κ1) is 28.2. The van der Waals surface area contributed by atoms with E-state index in [9.17, 15) is 4.79 Å². The first-order valence-electron chi connectivity index (χ1n) is 14.4. The van der Waals surface area contributed by atoms with E-state index in [2.05, 4.69) is 56.2 Å². The molecule has 2 aliphatic heterocycles. The topological polar surface area (TPSA) is 95.1 Å². The molecule has 3 aromatic carbocycles. The molecule has 2 saturated heterocycles. The molecule has 2 aliphatic rings. The van der Waals surface area contributed by atoms with Gasteiger partial charge in [-0.2, -0.15) is 0 Å². The van der Waals surface area contributed by atoms with E-state index in [1.165, 1.54) is 12.4 Å². The maximum atomic E-state index is 12.1. The lowest BCUT2D eigenvalue weighted by atomic mass is 10.0. The molecular formula is C33H35N7O3. The Kier molecular flexibility index (Phi) is 8.48. The minimum Gasteiger partial charge on any atom is -0.457 e. The largest absolute Gasteiger partial charge is 0.457 e. The van der Waals surface area contributed by atoms with Crippen molar-refractivity contribution < 1.29 is 14.4 Å². The zero-order valence-corrected chi connectivity index (χ0v) is 24.1. The Morgan fingerprint density at radius 3 is 2.56 bits per heavy atom. The molecule has 10 heteroatoms. The molecule has 4 aromatic rings. The van der Waals surface area contributed by atoms with E-state index < -0.39 is 0 Å². The minimum absolute atomic E-state index is 0.0386. The molecule has 1 amide bonds. The van der Waals surface area contributed by atoms with E-state index in [1.54, 1.807) is 0 Å². The van der Waals surface area contributed by atoms with E-state index in [4.69, 9.17) is 9.57 Å². The van der Waals surface area contributed by atoms with Gasteiger partial charge in [0, 0.05) is 55.7 Å². The van der Waals surface area contributed by atoms with Crippen LogP contribution in [-0.4, -0.2) is 60.6 Å². The number of benzene rings is 3. The average Bonchev–Trinajstić information content (AvgIpc) is 3.52. The number of hydrogen-bond acceptors (Lipinski definition) is 9. The quantitative estimate of drug-likeness (QED) is 0.240. The summed E-state index contributed by atoms with van der Waals surface area (Å²) in [6.45, 7) is 7.90. The summed E-state index contributed by atoms with van der Waals surface area (Å²) in [7, 11) is 2.13. The van der Waals surface area contributed by atoms with Crippen molar-refractivity contribution in [3.63, 3.8) is 0 Å². The number of piperazine rings is 1. The number of nitrogens with one attached hydrogen (secondary N) is 2. The normalized spacial score (nSPS) is 17.0. The maximum absolute atomic E-state index is 12.1. The Morgan fingerprint density at radius 2 is 1.74 bits per heavy atom. The van der Waals surface area contributed by atoms with Crippen LogP contribution in [-0.2, 0) is 9.63 Å². The third-order valence-corrected chi connectivity index (χ3v) is 7.52. The molecule has 6 rings (SSSR count). The molecule has 220 valence electrons. The molecule has 3 heterocycles.